The van der Waals surface area contributed by atoms with Crippen molar-refractivity contribution in [3.8, 4) is 0 Å². The average Bonchev–Trinajstić information content (AvgIpc) is 0.811. The number of halogens is 2. The van der Waals surface area contributed by atoms with Gasteiger partial charge < -0.3 is 0 Å². The van der Waals surface area contributed by atoms with Crippen LogP contribution in [-0.2, 0) is 15.8 Å². The van der Waals surface area contributed by atoms with Gasteiger partial charge in [0.2, 0.25) is 0 Å². The molecule has 0 rings (SSSR count). The molecule has 1 nitrogen and oxygen atoms in total. The maximum atomic E-state index is 9.08. The molecule has 5 heavy (non-hydrogen) atoms. The summed E-state index contributed by atoms with van der Waals surface area (Å²) in [5, 5.41) is 0. The van der Waals surface area contributed by atoms with Gasteiger partial charge in [0, 0.05) is 0 Å². The van der Waals surface area contributed by atoms with E-state index in [4.69, 9.17) is 3.83 Å². The summed E-state index contributed by atoms with van der Waals surface area (Å²) >= 11 is -1.62. The Morgan fingerprint density at radius 3 is 1.40 bits per heavy atom. The zero-order valence-corrected chi connectivity index (χ0v) is 3.92. The van der Waals surface area contributed by atoms with Gasteiger partial charge in [-0.15, -0.1) is 0 Å². The summed E-state index contributed by atoms with van der Waals surface area (Å²) in [5.74, 6) is 0. The van der Waals surface area contributed by atoms with Crippen molar-refractivity contribution in [2.45, 2.75) is 0 Å². The van der Waals surface area contributed by atoms with Crippen LogP contribution in [0.25, 0.3) is 0 Å². The van der Waals surface area contributed by atoms with Gasteiger partial charge in [0.1, 0.15) is 0 Å². The van der Waals surface area contributed by atoms with Crippen LogP contribution in [0.1, 0.15) is 0 Å². The predicted octanol–water partition coefficient (Wildman–Crippen LogP) is 0.341. The van der Waals surface area contributed by atoms with Crippen molar-refractivity contribution in [2.75, 3.05) is 0 Å². The summed E-state index contributed by atoms with van der Waals surface area (Å²) in [6, 6.07) is 0. The SMILES string of the molecule is [CaH2].[O]=[Cu]([Cl])[Cl]. The Morgan fingerprint density at radius 2 is 1.40 bits per heavy atom. The second-order valence-corrected chi connectivity index (χ2v) is 2.75. The quantitative estimate of drug-likeness (QED) is 0.506. The van der Waals surface area contributed by atoms with Crippen LogP contribution in [0.15, 0.2) is 0 Å². The van der Waals surface area contributed by atoms with E-state index in [2.05, 4.69) is 20.2 Å². The Hall–Kier alpha value is 2.16. The molecule has 0 N–H and O–H groups in total. The molecular formula is H2CaCl2CuO. The van der Waals surface area contributed by atoms with Gasteiger partial charge in [-0.2, -0.15) is 0 Å². The molecule has 0 unspecified atom stereocenters. The van der Waals surface area contributed by atoms with Gasteiger partial charge >= 0.3 is 73.8 Å². The molecule has 0 aromatic heterocycles. The minimum atomic E-state index is -1.62. The molecule has 0 saturated heterocycles. The fourth-order valence-corrected chi connectivity index (χ4v) is 0. The molecule has 0 aliphatic rings. The molecule has 5 heteroatoms. The monoisotopic (exact) mass is 191 g/mol. The molecule has 0 spiro atoms. The Morgan fingerprint density at radius 1 is 1.40 bits per heavy atom. The summed E-state index contributed by atoms with van der Waals surface area (Å²) in [4.78, 5) is 0. The van der Waals surface area contributed by atoms with Crippen LogP contribution >= 0.6 is 20.2 Å². The van der Waals surface area contributed by atoms with E-state index in [-0.39, 0.29) is 37.7 Å². The van der Waals surface area contributed by atoms with Crippen molar-refractivity contribution in [2.24, 2.45) is 0 Å². The van der Waals surface area contributed by atoms with Gasteiger partial charge in [-0.3, -0.25) is 0 Å². The molecule has 35 valence electrons. The van der Waals surface area contributed by atoms with Gasteiger partial charge in [-0.25, -0.2) is 0 Å². The van der Waals surface area contributed by atoms with Crippen LogP contribution in [0.2, 0.25) is 0 Å². The van der Waals surface area contributed by atoms with Gasteiger partial charge in [0.05, 0.1) is 0 Å². The third-order valence-corrected chi connectivity index (χ3v) is 0. The van der Waals surface area contributed by atoms with Crippen LogP contribution in [0.4, 0.5) is 0 Å². The van der Waals surface area contributed by atoms with Crippen molar-refractivity contribution < 1.29 is 15.8 Å². The van der Waals surface area contributed by atoms with E-state index in [0.717, 1.165) is 0 Å². The normalized spacial score (nSPS) is 8.80. The van der Waals surface area contributed by atoms with E-state index in [0.29, 0.717) is 0 Å². The molecule has 0 bridgehead atoms. The maximum absolute atomic E-state index is 9.08. The summed E-state index contributed by atoms with van der Waals surface area (Å²) in [5.41, 5.74) is 0. The van der Waals surface area contributed by atoms with Crippen LogP contribution < -0.4 is 0 Å². The predicted molar refractivity (Wildman–Crippen MR) is 20.9 cm³/mol. The molecule has 0 radical (unpaired) electrons. The van der Waals surface area contributed by atoms with E-state index in [1.807, 2.05) is 0 Å². The minimum absolute atomic E-state index is 0. The van der Waals surface area contributed by atoms with Crippen molar-refractivity contribution in [1.82, 2.24) is 0 Å². The van der Waals surface area contributed by atoms with Crippen LogP contribution in [0, 0.1) is 0 Å². The van der Waals surface area contributed by atoms with E-state index in [1.165, 1.54) is 0 Å². The molecule has 0 aromatic rings. The van der Waals surface area contributed by atoms with Gasteiger partial charge in [0.25, 0.3) is 0 Å². The third-order valence-electron chi connectivity index (χ3n) is 0. The van der Waals surface area contributed by atoms with Gasteiger partial charge in [-0.05, 0) is 0 Å². The van der Waals surface area contributed by atoms with Gasteiger partial charge in [0.15, 0.2) is 0 Å². The average molecular weight is 193 g/mol. The molecule has 0 amide bonds. The first-order valence-electron chi connectivity index (χ1n) is 0.351. The van der Waals surface area contributed by atoms with Crippen molar-refractivity contribution in [1.29, 1.82) is 0 Å². The summed E-state index contributed by atoms with van der Waals surface area (Å²) in [7, 11) is 9.01. The van der Waals surface area contributed by atoms with Crippen LogP contribution in [-0.4, -0.2) is 37.7 Å². The molecule has 0 aliphatic carbocycles. The number of rotatable bonds is 0. The first kappa shape index (κ1) is 10.2. The zero-order valence-electron chi connectivity index (χ0n) is 1.47. The van der Waals surface area contributed by atoms with Gasteiger partial charge in [-0.1, -0.05) is 0 Å². The third kappa shape index (κ3) is 22.9. The molecule has 0 heterocycles. The van der Waals surface area contributed by atoms with Crippen molar-refractivity contribution in [3.63, 3.8) is 0 Å². The zero-order chi connectivity index (χ0) is 3.58. The van der Waals surface area contributed by atoms with Crippen molar-refractivity contribution >= 4 is 57.9 Å². The first-order valence-corrected chi connectivity index (χ1v) is 3.33. The fourth-order valence-electron chi connectivity index (χ4n) is 0. The molecule has 0 aliphatic heterocycles. The Labute approximate surface area is 72.5 Å². The van der Waals surface area contributed by atoms with E-state index in [1.54, 1.807) is 0 Å². The Balaban J connectivity index is 0. The second-order valence-electron chi connectivity index (χ2n) is 0.136. The molecule has 0 aromatic carbocycles. The van der Waals surface area contributed by atoms with E-state index >= 15 is 0 Å². The molecule has 0 saturated carbocycles. The Bertz CT molecular complexity index is 32.6. The topological polar surface area (TPSA) is 17.1 Å². The fraction of sp³-hybridized carbons (Fsp3) is 0. The Kier molecular flexibility index (Phi) is 12.6. The second kappa shape index (κ2) is 6.16. The summed E-state index contributed by atoms with van der Waals surface area (Å²) in [6.07, 6.45) is 0. The molecule has 0 fully saturated rings. The van der Waals surface area contributed by atoms with E-state index in [9.17, 15) is 0 Å². The summed E-state index contributed by atoms with van der Waals surface area (Å²) < 4.78 is 9.08. The number of hydrogen-bond acceptors (Lipinski definition) is 1. The summed E-state index contributed by atoms with van der Waals surface area (Å²) in [6.45, 7) is 0. The molecule has 0 atom stereocenters. The molecular weight excluding hydrogens is 191 g/mol. The first-order chi connectivity index (χ1) is 1.73. The van der Waals surface area contributed by atoms with Crippen molar-refractivity contribution in [3.05, 3.63) is 0 Å². The standard InChI is InChI=1S/Ca.2ClH.Cu.O.2H/h;2*1H;;;;/q;;;+2;;;/p-2. The van der Waals surface area contributed by atoms with Crippen LogP contribution in [0.5, 0.6) is 0 Å². The number of hydrogen-bond donors (Lipinski definition) is 0. The van der Waals surface area contributed by atoms with E-state index < -0.39 is 12.0 Å². The van der Waals surface area contributed by atoms with Crippen LogP contribution in [0.3, 0.4) is 0 Å².